The summed E-state index contributed by atoms with van der Waals surface area (Å²) >= 11 is 3.02. The molecule has 1 heterocycles. The lowest BCUT2D eigenvalue weighted by Gasteiger charge is -2.45. The van der Waals surface area contributed by atoms with Gasteiger partial charge in [0, 0.05) is 6.07 Å². The van der Waals surface area contributed by atoms with Crippen LogP contribution < -0.4 is 16.4 Å². The van der Waals surface area contributed by atoms with Crippen LogP contribution in [0.25, 0.3) is 0 Å². The SMILES string of the molecule is NC1=NC2(CCCCC2)N(c2cc(F)c(F)c(Br)c2)C(N)=N1. The maximum Gasteiger partial charge on any atom is 0.220 e. The Balaban J connectivity index is 2.12. The maximum atomic E-state index is 13.8. The standard InChI is InChI=1S/C14H16BrF2N5/c15-9-6-8(7-10(16)11(9)17)22-13(19)20-12(18)21-14(22)4-2-1-3-5-14/h6-7H,1-5H2,(H4,18,19,20,21). The van der Waals surface area contributed by atoms with Crippen LogP contribution in [0.2, 0.25) is 0 Å². The molecule has 1 spiro atoms. The summed E-state index contributed by atoms with van der Waals surface area (Å²) in [5.74, 6) is -1.62. The van der Waals surface area contributed by atoms with Crippen LogP contribution in [0.4, 0.5) is 14.5 Å². The van der Waals surface area contributed by atoms with Crippen molar-refractivity contribution in [2.24, 2.45) is 21.5 Å². The number of aliphatic imine (C=N–C) groups is 2. The molecule has 0 radical (unpaired) electrons. The van der Waals surface area contributed by atoms with Crippen molar-refractivity contribution in [2.45, 2.75) is 37.8 Å². The molecule has 1 saturated carbocycles. The summed E-state index contributed by atoms with van der Waals surface area (Å²) in [6, 6.07) is 2.59. The fraction of sp³-hybridized carbons (Fsp3) is 0.429. The molecule has 1 fully saturated rings. The van der Waals surface area contributed by atoms with Crippen LogP contribution in [0.3, 0.4) is 0 Å². The summed E-state index contributed by atoms with van der Waals surface area (Å²) in [4.78, 5) is 10.1. The summed E-state index contributed by atoms with van der Waals surface area (Å²) in [6.07, 6.45) is 4.50. The molecule has 118 valence electrons. The molecule has 1 aromatic carbocycles. The summed E-state index contributed by atoms with van der Waals surface area (Å²) in [7, 11) is 0. The minimum absolute atomic E-state index is 0.0313. The molecular formula is C14H16BrF2N5. The quantitative estimate of drug-likeness (QED) is 0.744. The Morgan fingerprint density at radius 3 is 2.45 bits per heavy atom. The lowest BCUT2D eigenvalue weighted by atomic mass is 9.87. The second-order valence-electron chi connectivity index (χ2n) is 5.54. The van der Waals surface area contributed by atoms with Crippen molar-refractivity contribution in [3.8, 4) is 0 Å². The predicted octanol–water partition coefficient (Wildman–Crippen LogP) is 2.84. The van der Waals surface area contributed by atoms with Crippen molar-refractivity contribution in [3.05, 3.63) is 28.2 Å². The number of guanidine groups is 2. The molecular weight excluding hydrogens is 356 g/mol. The highest BCUT2D eigenvalue weighted by Crippen LogP contribution is 2.40. The Hall–Kier alpha value is -1.70. The van der Waals surface area contributed by atoms with E-state index in [2.05, 4.69) is 25.9 Å². The van der Waals surface area contributed by atoms with Gasteiger partial charge in [0.2, 0.25) is 11.9 Å². The molecule has 22 heavy (non-hydrogen) atoms. The Morgan fingerprint density at radius 2 is 1.82 bits per heavy atom. The molecule has 0 aromatic heterocycles. The van der Waals surface area contributed by atoms with Gasteiger partial charge < -0.3 is 11.5 Å². The Kier molecular flexibility index (Phi) is 3.80. The highest BCUT2D eigenvalue weighted by Gasteiger charge is 2.42. The van der Waals surface area contributed by atoms with Crippen LogP contribution in [-0.4, -0.2) is 17.6 Å². The van der Waals surface area contributed by atoms with Crippen molar-refractivity contribution in [2.75, 3.05) is 4.90 Å². The van der Waals surface area contributed by atoms with Crippen LogP contribution in [0.15, 0.2) is 26.6 Å². The van der Waals surface area contributed by atoms with Crippen molar-refractivity contribution >= 4 is 33.5 Å². The van der Waals surface area contributed by atoms with Crippen LogP contribution in [0.5, 0.6) is 0 Å². The highest BCUT2D eigenvalue weighted by molar-refractivity contribution is 9.10. The predicted molar refractivity (Wildman–Crippen MR) is 85.6 cm³/mol. The van der Waals surface area contributed by atoms with Crippen molar-refractivity contribution < 1.29 is 8.78 Å². The van der Waals surface area contributed by atoms with Gasteiger partial charge in [0.25, 0.3) is 0 Å². The Labute approximate surface area is 135 Å². The molecule has 0 saturated heterocycles. The van der Waals surface area contributed by atoms with E-state index in [1.807, 2.05) is 0 Å². The monoisotopic (exact) mass is 371 g/mol. The number of anilines is 1. The molecule has 3 rings (SSSR count). The van der Waals surface area contributed by atoms with Crippen LogP contribution in [0, 0.1) is 11.6 Å². The van der Waals surface area contributed by atoms with E-state index in [0.29, 0.717) is 5.69 Å². The molecule has 1 aliphatic heterocycles. The zero-order valence-corrected chi connectivity index (χ0v) is 13.4. The second-order valence-corrected chi connectivity index (χ2v) is 6.40. The molecule has 1 aliphatic carbocycles. The van der Waals surface area contributed by atoms with E-state index in [1.54, 1.807) is 4.90 Å². The lowest BCUT2D eigenvalue weighted by molar-refractivity contribution is 0.305. The van der Waals surface area contributed by atoms with Gasteiger partial charge in [0.15, 0.2) is 11.6 Å². The molecule has 0 bridgehead atoms. The van der Waals surface area contributed by atoms with Crippen molar-refractivity contribution in [1.82, 2.24) is 0 Å². The van der Waals surface area contributed by atoms with Gasteiger partial charge in [-0.05, 0) is 47.7 Å². The second kappa shape index (κ2) is 5.49. The van der Waals surface area contributed by atoms with Gasteiger partial charge in [-0.25, -0.2) is 13.8 Å². The van der Waals surface area contributed by atoms with E-state index in [4.69, 9.17) is 11.5 Å². The minimum atomic E-state index is -0.953. The average molecular weight is 372 g/mol. The number of halogens is 3. The number of hydrogen-bond acceptors (Lipinski definition) is 5. The topological polar surface area (TPSA) is 80.0 Å². The first-order valence-electron chi connectivity index (χ1n) is 7.07. The Morgan fingerprint density at radius 1 is 1.14 bits per heavy atom. The van der Waals surface area contributed by atoms with Crippen molar-refractivity contribution in [3.63, 3.8) is 0 Å². The third kappa shape index (κ3) is 2.45. The largest absolute Gasteiger partial charge is 0.369 e. The molecule has 8 heteroatoms. The summed E-state index contributed by atoms with van der Waals surface area (Å²) in [5, 5.41) is 0. The smallest absolute Gasteiger partial charge is 0.220 e. The Bertz CT molecular complexity index is 644. The van der Waals surface area contributed by atoms with E-state index in [1.165, 1.54) is 6.07 Å². The molecule has 2 aliphatic rings. The van der Waals surface area contributed by atoms with Crippen LogP contribution in [-0.2, 0) is 0 Å². The van der Waals surface area contributed by atoms with E-state index in [-0.39, 0.29) is 16.4 Å². The van der Waals surface area contributed by atoms with Crippen molar-refractivity contribution in [1.29, 1.82) is 0 Å². The minimum Gasteiger partial charge on any atom is -0.369 e. The van der Waals surface area contributed by atoms with Gasteiger partial charge >= 0.3 is 0 Å². The molecule has 5 nitrogen and oxygen atoms in total. The van der Waals surface area contributed by atoms with E-state index >= 15 is 0 Å². The van der Waals surface area contributed by atoms with Gasteiger partial charge in [0.05, 0.1) is 10.2 Å². The molecule has 0 unspecified atom stereocenters. The first-order chi connectivity index (χ1) is 10.4. The number of nitrogens with zero attached hydrogens (tertiary/aromatic N) is 3. The van der Waals surface area contributed by atoms with Gasteiger partial charge in [-0.2, -0.15) is 4.99 Å². The fourth-order valence-corrected chi connectivity index (χ4v) is 3.59. The van der Waals surface area contributed by atoms with Gasteiger partial charge in [-0.1, -0.05) is 6.42 Å². The van der Waals surface area contributed by atoms with Gasteiger partial charge in [-0.15, -0.1) is 0 Å². The van der Waals surface area contributed by atoms with Gasteiger partial charge in [0.1, 0.15) is 5.66 Å². The van der Waals surface area contributed by atoms with Crippen LogP contribution in [0.1, 0.15) is 32.1 Å². The van der Waals surface area contributed by atoms with E-state index in [0.717, 1.165) is 38.2 Å². The van der Waals surface area contributed by atoms with E-state index < -0.39 is 17.3 Å². The average Bonchev–Trinajstić information content (AvgIpc) is 2.44. The lowest BCUT2D eigenvalue weighted by Crippen LogP contribution is -2.58. The molecule has 1 aromatic rings. The highest BCUT2D eigenvalue weighted by atomic mass is 79.9. The maximum absolute atomic E-state index is 13.8. The fourth-order valence-electron chi connectivity index (χ4n) is 3.17. The number of benzene rings is 1. The zero-order chi connectivity index (χ0) is 15.9. The summed E-state index contributed by atoms with van der Waals surface area (Å²) < 4.78 is 27.3. The number of hydrogen-bond donors (Lipinski definition) is 2. The third-order valence-corrected chi connectivity index (χ3v) is 4.66. The third-order valence-electron chi connectivity index (χ3n) is 4.08. The van der Waals surface area contributed by atoms with Gasteiger partial charge in [-0.3, -0.25) is 4.90 Å². The summed E-state index contributed by atoms with van der Waals surface area (Å²) in [5.41, 5.74) is 11.5. The molecule has 0 atom stereocenters. The first kappa shape index (κ1) is 15.2. The normalized spacial score (nSPS) is 20.8. The number of rotatable bonds is 1. The molecule has 4 N–H and O–H groups in total. The number of nitrogens with two attached hydrogens (primary N) is 2. The van der Waals surface area contributed by atoms with Crippen LogP contribution >= 0.6 is 15.9 Å². The summed E-state index contributed by atoms with van der Waals surface area (Å²) in [6.45, 7) is 0. The molecule has 0 amide bonds. The zero-order valence-electron chi connectivity index (χ0n) is 11.8. The van der Waals surface area contributed by atoms with E-state index in [9.17, 15) is 8.78 Å². The first-order valence-corrected chi connectivity index (χ1v) is 7.86.